The highest BCUT2D eigenvalue weighted by atomic mass is 16.7. The SMILES string of the molecule is CCC(N)c1ccc(OCc2ccc3c(c2)OCO3)cn1. The van der Waals surface area contributed by atoms with Gasteiger partial charge in [-0.1, -0.05) is 13.0 Å². The van der Waals surface area contributed by atoms with Gasteiger partial charge in [0, 0.05) is 6.04 Å². The molecule has 0 amide bonds. The van der Waals surface area contributed by atoms with Crippen LogP contribution in [0.4, 0.5) is 0 Å². The van der Waals surface area contributed by atoms with E-state index >= 15 is 0 Å². The molecule has 0 radical (unpaired) electrons. The van der Waals surface area contributed by atoms with E-state index in [0.29, 0.717) is 6.61 Å². The van der Waals surface area contributed by atoms with Crippen LogP contribution in [0, 0.1) is 0 Å². The number of benzene rings is 1. The molecule has 0 saturated heterocycles. The molecular weight excluding hydrogens is 268 g/mol. The van der Waals surface area contributed by atoms with E-state index in [1.165, 1.54) is 0 Å². The van der Waals surface area contributed by atoms with E-state index < -0.39 is 0 Å². The van der Waals surface area contributed by atoms with E-state index in [2.05, 4.69) is 4.98 Å². The van der Waals surface area contributed by atoms with Crippen LogP contribution in [0.1, 0.15) is 30.6 Å². The van der Waals surface area contributed by atoms with Gasteiger partial charge in [-0.3, -0.25) is 4.98 Å². The molecule has 0 spiro atoms. The molecule has 3 rings (SSSR count). The molecule has 2 aromatic rings. The Morgan fingerprint density at radius 2 is 2.10 bits per heavy atom. The predicted octanol–water partition coefficient (Wildman–Crippen LogP) is 2.80. The molecule has 0 fully saturated rings. The highest BCUT2D eigenvalue weighted by Gasteiger charge is 2.13. The third-order valence-electron chi connectivity index (χ3n) is 3.42. The van der Waals surface area contributed by atoms with Gasteiger partial charge in [-0.05, 0) is 36.2 Å². The topological polar surface area (TPSA) is 66.6 Å². The zero-order chi connectivity index (χ0) is 14.7. The Bertz CT molecular complexity index is 613. The fourth-order valence-corrected chi connectivity index (χ4v) is 2.10. The fraction of sp³-hybridized carbons (Fsp3) is 0.312. The van der Waals surface area contributed by atoms with Gasteiger partial charge < -0.3 is 19.9 Å². The van der Waals surface area contributed by atoms with Gasteiger partial charge in [0.15, 0.2) is 11.5 Å². The number of aromatic nitrogens is 1. The van der Waals surface area contributed by atoms with E-state index in [1.54, 1.807) is 6.20 Å². The molecule has 1 aliphatic heterocycles. The molecule has 0 saturated carbocycles. The van der Waals surface area contributed by atoms with Crippen molar-refractivity contribution < 1.29 is 14.2 Å². The molecule has 1 aliphatic rings. The quantitative estimate of drug-likeness (QED) is 0.915. The normalized spacial score (nSPS) is 14.0. The number of ether oxygens (including phenoxy) is 3. The van der Waals surface area contributed by atoms with Gasteiger partial charge in [0.1, 0.15) is 12.4 Å². The van der Waals surface area contributed by atoms with Crippen molar-refractivity contribution in [2.24, 2.45) is 5.73 Å². The minimum Gasteiger partial charge on any atom is -0.487 e. The van der Waals surface area contributed by atoms with Crippen LogP contribution in [-0.4, -0.2) is 11.8 Å². The summed E-state index contributed by atoms with van der Waals surface area (Å²) in [5.41, 5.74) is 7.84. The van der Waals surface area contributed by atoms with Crippen LogP contribution in [0.3, 0.4) is 0 Å². The summed E-state index contributed by atoms with van der Waals surface area (Å²) in [6, 6.07) is 9.56. The monoisotopic (exact) mass is 286 g/mol. The van der Waals surface area contributed by atoms with Crippen molar-refractivity contribution in [3.63, 3.8) is 0 Å². The van der Waals surface area contributed by atoms with Gasteiger partial charge >= 0.3 is 0 Å². The molecule has 110 valence electrons. The average Bonchev–Trinajstić information content (AvgIpc) is 3.00. The lowest BCUT2D eigenvalue weighted by Gasteiger charge is -2.10. The van der Waals surface area contributed by atoms with E-state index in [0.717, 1.165) is 34.9 Å². The van der Waals surface area contributed by atoms with Gasteiger partial charge in [0.05, 0.1) is 11.9 Å². The number of hydrogen-bond donors (Lipinski definition) is 1. The first-order valence-corrected chi connectivity index (χ1v) is 6.99. The van der Waals surface area contributed by atoms with Gasteiger partial charge in [-0.25, -0.2) is 0 Å². The molecule has 5 nitrogen and oxygen atoms in total. The molecule has 1 atom stereocenters. The number of rotatable bonds is 5. The minimum absolute atomic E-state index is 0.0205. The molecule has 21 heavy (non-hydrogen) atoms. The molecule has 2 N–H and O–H groups in total. The maximum atomic E-state index is 5.93. The van der Waals surface area contributed by atoms with Crippen molar-refractivity contribution in [1.29, 1.82) is 0 Å². The molecule has 1 aromatic carbocycles. The maximum absolute atomic E-state index is 5.93. The van der Waals surface area contributed by atoms with E-state index in [9.17, 15) is 0 Å². The second-order valence-electron chi connectivity index (χ2n) is 4.91. The molecule has 5 heteroatoms. The highest BCUT2D eigenvalue weighted by Crippen LogP contribution is 2.32. The second kappa shape index (κ2) is 6.01. The van der Waals surface area contributed by atoms with Crippen molar-refractivity contribution in [2.45, 2.75) is 26.0 Å². The van der Waals surface area contributed by atoms with E-state index in [-0.39, 0.29) is 12.8 Å². The first-order chi connectivity index (χ1) is 10.3. The highest BCUT2D eigenvalue weighted by molar-refractivity contribution is 5.44. The number of fused-ring (bicyclic) bond motifs is 1. The van der Waals surface area contributed by atoms with Crippen LogP contribution < -0.4 is 19.9 Å². The Labute approximate surface area is 123 Å². The zero-order valence-corrected chi connectivity index (χ0v) is 11.9. The predicted molar refractivity (Wildman–Crippen MR) is 78.4 cm³/mol. The standard InChI is InChI=1S/C16H18N2O3/c1-2-13(17)14-5-4-12(8-18-14)19-9-11-3-6-15-16(7-11)21-10-20-15/h3-8,13H,2,9-10,17H2,1H3. The van der Waals surface area contributed by atoms with Crippen LogP contribution in [0.2, 0.25) is 0 Å². The van der Waals surface area contributed by atoms with E-state index in [4.69, 9.17) is 19.9 Å². The number of pyridine rings is 1. The number of hydrogen-bond acceptors (Lipinski definition) is 5. The van der Waals surface area contributed by atoms with Crippen LogP contribution in [0.5, 0.6) is 17.2 Å². The summed E-state index contributed by atoms with van der Waals surface area (Å²) in [6.07, 6.45) is 2.57. The largest absolute Gasteiger partial charge is 0.487 e. The summed E-state index contributed by atoms with van der Waals surface area (Å²) in [4.78, 5) is 4.32. The third kappa shape index (κ3) is 3.08. The Morgan fingerprint density at radius 3 is 2.86 bits per heavy atom. The van der Waals surface area contributed by atoms with Crippen LogP contribution in [-0.2, 0) is 6.61 Å². The van der Waals surface area contributed by atoms with Crippen molar-refractivity contribution in [3.8, 4) is 17.2 Å². The summed E-state index contributed by atoms with van der Waals surface area (Å²) in [6.45, 7) is 2.77. The molecule has 1 aromatic heterocycles. The lowest BCUT2D eigenvalue weighted by molar-refractivity contribution is 0.174. The first kappa shape index (κ1) is 13.7. The molecule has 0 bridgehead atoms. The number of nitrogens with two attached hydrogens (primary N) is 1. The number of nitrogens with zero attached hydrogens (tertiary/aromatic N) is 1. The first-order valence-electron chi connectivity index (χ1n) is 6.99. The lowest BCUT2D eigenvalue weighted by atomic mass is 10.1. The lowest BCUT2D eigenvalue weighted by Crippen LogP contribution is -2.10. The maximum Gasteiger partial charge on any atom is 0.231 e. The van der Waals surface area contributed by atoms with Gasteiger partial charge in [-0.2, -0.15) is 0 Å². The Hall–Kier alpha value is -2.27. The average molecular weight is 286 g/mol. The van der Waals surface area contributed by atoms with Gasteiger partial charge in [0.2, 0.25) is 6.79 Å². The second-order valence-corrected chi connectivity index (χ2v) is 4.91. The van der Waals surface area contributed by atoms with Gasteiger partial charge in [-0.15, -0.1) is 0 Å². The van der Waals surface area contributed by atoms with Crippen molar-refractivity contribution in [1.82, 2.24) is 4.98 Å². The van der Waals surface area contributed by atoms with E-state index in [1.807, 2.05) is 37.3 Å². The minimum atomic E-state index is -0.0205. The molecular formula is C16H18N2O3. The van der Waals surface area contributed by atoms with Crippen molar-refractivity contribution >= 4 is 0 Å². The van der Waals surface area contributed by atoms with Crippen LogP contribution in [0.25, 0.3) is 0 Å². The van der Waals surface area contributed by atoms with Crippen molar-refractivity contribution in [2.75, 3.05) is 6.79 Å². The van der Waals surface area contributed by atoms with Crippen LogP contribution >= 0.6 is 0 Å². The Balaban J connectivity index is 1.62. The molecule has 0 aliphatic carbocycles. The Morgan fingerprint density at radius 1 is 1.24 bits per heavy atom. The third-order valence-corrected chi connectivity index (χ3v) is 3.42. The summed E-state index contributed by atoms with van der Waals surface area (Å²) >= 11 is 0. The smallest absolute Gasteiger partial charge is 0.231 e. The van der Waals surface area contributed by atoms with Gasteiger partial charge in [0.25, 0.3) is 0 Å². The summed E-state index contributed by atoms with van der Waals surface area (Å²) in [5, 5.41) is 0. The zero-order valence-electron chi connectivity index (χ0n) is 11.9. The summed E-state index contributed by atoms with van der Waals surface area (Å²) in [5.74, 6) is 2.26. The Kier molecular flexibility index (Phi) is 3.92. The fourth-order valence-electron chi connectivity index (χ4n) is 2.10. The molecule has 2 heterocycles. The van der Waals surface area contributed by atoms with Crippen molar-refractivity contribution in [3.05, 3.63) is 47.8 Å². The summed E-state index contributed by atoms with van der Waals surface area (Å²) < 4.78 is 16.3. The summed E-state index contributed by atoms with van der Waals surface area (Å²) in [7, 11) is 0. The molecule has 1 unspecified atom stereocenters. The van der Waals surface area contributed by atoms with Crippen LogP contribution in [0.15, 0.2) is 36.5 Å².